The maximum atomic E-state index is 12.9. The Morgan fingerprint density at radius 2 is 1.93 bits per heavy atom. The average molecular weight is 410 g/mol. The Morgan fingerprint density at radius 3 is 2.50 bits per heavy atom. The molecule has 3 heteroatoms. The molecule has 2 unspecified atom stereocenters. The van der Waals surface area contributed by atoms with Gasteiger partial charge in [0.15, 0.2) is 0 Å². The summed E-state index contributed by atoms with van der Waals surface area (Å²) < 4.78 is 0. The van der Waals surface area contributed by atoms with Crippen LogP contribution in [-0.2, 0) is 9.59 Å². The van der Waals surface area contributed by atoms with Gasteiger partial charge < -0.3 is 5.41 Å². The number of hydrogen-bond donors (Lipinski definition) is 1. The summed E-state index contributed by atoms with van der Waals surface area (Å²) in [6.07, 6.45) is 3.93. The first-order chi connectivity index (χ1) is 14.0. The van der Waals surface area contributed by atoms with E-state index in [0.29, 0.717) is 31.1 Å². The zero-order valence-corrected chi connectivity index (χ0v) is 19.6. The average Bonchev–Trinajstić information content (AvgIpc) is 2.64. The molecule has 0 spiro atoms. The van der Waals surface area contributed by atoms with Crippen LogP contribution in [0.3, 0.4) is 0 Å². The quantitative estimate of drug-likeness (QED) is 0.363. The molecule has 0 saturated heterocycles. The molecule has 1 aromatic rings. The van der Waals surface area contributed by atoms with E-state index in [9.17, 15) is 9.59 Å². The van der Waals surface area contributed by atoms with E-state index in [2.05, 4.69) is 60.3 Å². The molecule has 4 atom stereocenters. The minimum Gasteiger partial charge on any atom is -0.312 e. The summed E-state index contributed by atoms with van der Waals surface area (Å²) in [6.45, 7) is 16.9. The van der Waals surface area contributed by atoms with Gasteiger partial charge in [0.2, 0.25) is 0 Å². The lowest BCUT2D eigenvalue weighted by Crippen LogP contribution is -2.28. The molecule has 0 bridgehead atoms. The summed E-state index contributed by atoms with van der Waals surface area (Å²) in [6, 6.07) is 8.20. The van der Waals surface area contributed by atoms with Crippen LogP contribution in [-0.4, -0.2) is 17.8 Å². The van der Waals surface area contributed by atoms with E-state index in [0.717, 1.165) is 23.1 Å². The highest BCUT2D eigenvalue weighted by atomic mass is 16.1. The van der Waals surface area contributed by atoms with E-state index < -0.39 is 0 Å². The molecule has 2 rings (SSSR count). The molecule has 0 radical (unpaired) electrons. The number of benzene rings is 1. The third kappa shape index (κ3) is 5.77. The molecule has 0 aromatic heterocycles. The molecular formula is C27H39NO2. The van der Waals surface area contributed by atoms with Crippen LogP contribution in [0.25, 0.3) is 0 Å². The summed E-state index contributed by atoms with van der Waals surface area (Å²) in [5.41, 5.74) is 3.07. The van der Waals surface area contributed by atoms with E-state index in [1.165, 1.54) is 6.21 Å². The lowest BCUT2D eigenvalue weighted by molar-refractivity contribution is -0.123. The first-order valence-corrected chi connectivity index (χ1v) is 11.3. The number of allylic oxidation sites excluding steroid dienone is 1. The monoisotopic (exact) mass is 409 g/mol. The van der Waals surface area contributed by atoms with Gasteiger partial charge in [0.05, 0.1) is 11.8 Å². The molecule has 1 aromatic carbocycles. The van der Waals surface area contributed by atoms with Crippen molar-refractivity contribution in [2.75, 3.05) is 0 Å². The van der Waals surface area contributed by atoms with Crippen LogP contribution < -0.4 is 0 Å². The van der Waals surface area contributed by atoms with Gasteiger partial charge in [0.25, 0.3) is 0 Å². The van der Waals surface area contributed by atoms with E-state index in [-0.39, 0.29) is 34.7 Å². The van der Waals surface area contributed by atoms with Crippen molar-refractivity contribution in [3.05, 3.63) is 47.5 Å². The second-order valence-electron chi connectivity index (χ2n) is 10.4. The number of rotatable bonds is 9. The molecular weight excluding hydrogens is 370 g/mol. The van der Waals surface area contributed by atoms with Crippen molar-refractivity contribution in [3.63, 3.8) is 0 Å². The predicted octanol–water partition coefficient (Wildman–Crippen LogP) is 6.73. The van der Waals surface area contributed by atoms with Gasteiger partial charge in [0, 0.05) is 19.1 Å². The van der Waals surface area contributed by atoms with Crippen LogP contribution in [0.15, 0.2) is 36.4 Å². The third-order valence-electron chi connectivity index (χ3n) is 7.12. The second-order valence-corrected chi connectivity index (χ2v) is 10.4. The number of hydrogen-bond acceptors (Lipinski definition) is 3. The third-order valence-corrected chi connectivity index (χ3v) is 7.12. The van der Waals surface area contributed by atoms with Crippen molar-refractivity contribution < 1.29 is 9.59 Å². The molecule has 3 nitrogen and oxygen atoms in total. The van der Waals surface area contributed by atoms with Gasteiger partial charge in [-0.1, -0.05) is 78.0 Å². The first kappa shape index (κ1) is 24.2. The second kappa shape index (κ2) is 9.85. The summed E-state index contributed by atoms with van der Waals surface area (Å²) in [4.78, 5) is 25.5. The summed E-state index contributed by atoms with van der Waals surface area (Å²) in [7, 11) is 0. The number of Topliss-reactive ketones (excluding diaryl/α,β-unsaturated/α-hetero) is 2. The standard InChI is InChI=1S/C27H39NO2/c1-17(2)27(6,7)15-25(30)23(16-28)13-19(4)21-9-8-10-22(14-21)26-20(5)11-18(3)12-24(26)29/h8-10,14,16-19,23,26,28H,5,11-13,15H2,1-4,6-7H3/t18-,19+,23?,26?/m0/s1. The summed E-state index contributed by atoms with van der Waals surface area (Å²) in [5, 5.41) is 7.83. The van der Waals surface area contributed by atoms with Gasteiger partial charge in [-0.05, 0) is 47.1 Å². The summed E-state index contributed by atoms with van der Waals surface area (Å²) >= 11 is 0. The van der Waals surface area contributed by atoms with Gasteiger partial charge in [-0.15, -0.1) is 0 Å². The largest absolute Gasteiger partial charge is 0.312 e. The van der Waals surface area contributed by atoms with Crippen molar-refractivity contribution in [3.8, 4) is 0 Å². The van der Waals surface area contributed by atoms with E-state index in [4.69, 9.17) is 5.41 Å². The van der Waals surface area contributed by atoms with Gasteiger partial charge >= 0.3 is 0 Å². The fraction of sp³-hybridized carbons (Fsp3) is 0.593. The topological polar surface area (TPSA) is 58.0 Å². The van der Waals surface area contributed by atoms with Gasteiger partial charge in [0.1, 0.15) is 11.6 Å². The normalized spacial score (nSPS) is 22.1. The smallest absolute Gasteiger partial charge is 0.144 e. The van der Waals surface area contributed by atoms with E-state index in [1.54, 1.807) is 0 Å². The minimum absolute atomic E-state index is 0.0691. The minimum atomic E-state index is -0.367. The Labute approximate surface area is 182 Å². The Morgan fingerprint density at radius 1 is 1.27 bits per heavy atom. The van der Waals surface area contributed by atoms with Crippen LogP contribution in [0.5, 0.6) is 0 Å². The van der Waals surface area contributed by atoms with Crippen LogP contribution in [0.2, 0.25) is 0 Å². The number of carbonyl (C=O) groups is 2. The van der Waals surface area contributed by atoms with Crippen LogP contribution in [0.4, 0.5) is 0 Å². The van der Waals surface area contributed by atoms with Crippen LogP contribution in [0.1, 0.15) is 90.2 Å². The molecule has 30 heavy (non-hydrogen) atoms. The number of ketones is 2. The molecule has 1 aliphatic rings. The summed E-state index contributed by atoms with van der Waals surface area (Å²) in [5.74, 6) is 0.745. The zero-order chi connectivity index (χ0) is 22.6. The van der Waals surface area contributed by atoms with Crippen molar-refractivity contribution in [1.29, 1.82) is 5.41 Å². The van der Waals surface area contributed by atoms with Gasteiger partial charge in [-0.25, -0.2) is 0 Å². The van der Waals surface area contributed by atoms with Crippen molar-refractivity contribution in [1.82, 2.24) is 0 Å². The van der Waals surface area contributed by atoms with Crippen molar-refractivity contribution >= 4 is 17.8 Å². The highest BCUT2D eigenvalue weighted by Crippen LogP contribution is 2.38. The van der Waals surface area contributed by atoms with Gasteiger partial charge in [-0.3, -0.25) is 9.59 Å². The molecule has 0 amide bonds. The fourth-order valence-electron chi connectivity index (χ4n) is 4.39. The SMILES string of the molecule is C=C1C[C@H](C)CC(=O)C1c1cccc([C@H](C)CC(C=N)C(=O)CC(C)(C)C(C)C)c1. The molecule has 1 fully saturated rings. The van der Waals surface area contributed by atoms with E-state index in [1.807, 2.05) is 12.1 Å². The lowest BCUT2D eigenvalue weighted by atomic mass is 9.73. The Bertz CT molecular complexity index is 787. The molecule has 0 aliphatic heterocycles. The maximum Gasteiger partial charge on any atom is 0.144 e. The van der Waals surface area contributed by atoms with Crippen LogP contribution in [0, 0.1) is 28.6 Å². The molecule has 1 N–H and O–H groups in total. The highest BCUT2D eigenvalue weighted by molar-refractivity contribution is 5.94. The van der Waals surface area contributed by atoms with Crippen molar-refractivity contribution in [2.45, 2.75) is 79.1 Å². The number of carbonyl (C=O) groups excluding carboxylic acids is 2. The zero-order valence-electron chi connectivity index (χ0n) is 19.6. The Balaban J connectivity index is 2.15. The van der Waals surface area contributed by atoms with Gasteiger partial charge in [-0.2, -0.15) is 0 Å². The number of nitrogens with one attached hydrogen (secondary N) is 1. The Kier molecular flexibility index (Phi) is 7.96. The lowest BCUT2D eigenvalue weighted by Gasteiger charge is -2.30. The molecule has 1 aliphatic carbocycles. The van der Waals surface area contributed by atoms with Crippen molar-refractivity contribution in [2.24, 2.45) is 23.2 Å². The van der Waals surface area contributed by atoms with E-state index >= 15 is 0 Å². The predicted molar refractivity (Wildman–Crippen MR) is 125 cm³/mol. The fourth-order valence-corrected chi connectivity index (χ4v) is 4.39. The first-order valence-electron chi connectivity index (χ1n) is 11.3. The molecule has 1 saturated carbocycles. The maximum absolute atomic E-state index is 12.9. The van der Waals surface area contributed by atoms with Crippen LogP contribution >= 0.6 is 0 Å². The molecule has 0 heterocycles. The molecule has 164 valence electrons. The highest BCUT2D eigenvalue weighted by Gasteiger charge is 2.32. The Hall–Kier alpha value is -2.03.